The Morgan fingerprint density at radius 2 is 2.00 bits per heavy atom. The Balaban J connectivity index is 2.52. The first-order valence-electron chi connectivity index (χ1n) is 9.30. The fraction of sp³-hybridized carbons (Fsp3) is 0.167. The van der Waals surface area contributed by atoms with Crippen LogP contribution >= 0.6 is 11.6 Å². The predicted molar refractivity (Wildman–Crippen MR) is 124 cm³/mol. The minimum absolute atomic E-state index is 0.0379. The summed E-state index contributed by atoms with van der Waals surface area (Å²) in [5, 5.41) is 3.28. The molecule has 0 saturated heterocycles. The van der Waals surface area contributed by atoms with Crippen molar-refractivity contribution >= 4 is 29.3 Å². The summed E-state index contributed by atoms with van der Waals surface area (Å²) in [6.45, 7) is 13.7. The summed E-state index contributed by atoms with van der Waals surface area (Å²) in [4.78, 5) is 9.00. The average molecular weight is 410 g/mol. The molecule has 1 N–H and O–H groups in total. The van der Waals surface area contributed by atoms with E-state index in [0.717, 1.165) is 17.5 Å². The zero-order chi connectivity index (χ0) is 21.4. The second kappa shape index (κ2) is 10.5. The van der Waals surface area contributed by atoms with E-state index in [4.69, 9.17) is 16.6 Å². The van der Waals surface area contributed by atoms with Crippen molar-refractivity contribution < 1.29 is 4.39 Å². The van der Waals surface area contributed by atoms with Crippen LogP contribution in [0.3, 0.4) is 0 Å². The van der Waals surface area contributed by atoms with E-state index in [9.17, 15) is 4.39 Å². The molecule has 3 nitrogen and oxygen atoms in total. The number of amidine groups is 1. The summed E-state index contributed by atoms with van der Waals surface area (Å²) < 4.78 is 13.6. The summed E-state index contributed by atoms with van der Waals surface area (Å²) >= 11 is 5.94. The maximum absolute atomic E-state index is 13.6. The van der Waals surface area contributed by atoms with Gasteiger partial charge in [0.05, 0.1) is 16.4 Å². The molecule has 5 heteroatoms. The highest BCUT2D eigenvalue weighted by Crippen LogP contribution is 2.22. The molecular formula is C24H25ClFN3. The second-order valence-electron chi connectivity index (χ2n) is 6.35. The highest BCUT2D eigenvalue weighted by molar-refractivity contribution is 6.31. The Bertz CT molecular complexity index is 1000. The van der Waals surface area contributed by atoms with Crippen molar-refractivity contribution in [1.29, 1.82) is 0 Å². The summed E-state index contributed by atoms with van der Waals surface area (Å²) in [6, 6.07) is 10.7. The highest BCUT2D eigenvalue weighted by Gasteiger charge is 2.11. The van der Waals surface area contributed by atoms with Gasteiger partial charge in [-0.2, -0.15) is 0 Å². The summed E-state index contributed by atoms with van der Waals surface area (Å²) in [5.74, 6) is 0.101. The zero-order valence-electron chi connectivity index (χ0n) is 17.0. The van der Waals surface area contributed by atoms with Crippen molar-refractivity contribution in [2.75, 3.05) is 5.32 Å². The number of allylic oxidation sites excluding steroid dienone is 2. The van der Waals surface area contributed by atoms with Gasteiger partial charge in [-0.1, -0.05) is 62.0 Å². The van der Waals surface area contributed by atoms with E-state index in [-0.39, 0.29) is 5.02 Å². The molecule has 0 unspecified atom stereocenters. The molecule has 0 spiro atoms. The van der Waals surface area contributed by atoms with Crippen molar-refractivity contribution in [3.63, 3.8) is 0 Å². The average Bonchev–Trinajstić information content (AvgIpc) is 2.70. The molecule has 0 saturated carbocycles. The Hall–Kier alpha value is -2.98. The molecule has 0 aromatic heterocycles. The molecule has 0 bridgehead atoms. The summed E-state index contributed by atoms with van der Waals surface area (Å²) in [5.41, 5.74) is 4.95. The van der Waals surface area contributed by atoms with Gasteiger partial charge in [0.15, 0.2) is 0 Å². The van der Waals surface area contributed by atoms with Crippen molar-refractivity contribution in [3.8, 4) is 0 Å². The van der Waals surface area contributed by atoms with E-state index in [1.807, 2.05) is 26.0 Å². The number of aliphatic imine (C=N–C) groups is 2. The third-order valence-electron chi connectivity index (χ3n) is 4.27. The number of benzene rings is 2. The maximum atomic E-state index is 13.6. The van der Waals surface area contributed by atoms with Crippen LogP contribution in [0, 0.1) is 12.7 Å². The van der Waals surface area contributed by atoms with E-state index in [1.54, 1.807) is 18.4 Å². The fourth-order valence-electron chi connectivity index (χ4n) is 2.72. The van der Waals surface area contributed by atoms with Gasteiger partial charge in [-0.25, -0.2) is 9.38 Å². The normalized spacial score (nSPS) is 12.3. The molecule has 0 fully saturated rings. The smallest absolute Gasteiger partial charge is 0.141 e. The molecule has 2 aromatic carbocycles. The molecule has 0 aliphatic carbocycles. The summed E-state index contributed by atoms with van der Waals surface area (Å²) in [6.07, 6.45) is 5.95. The van der Waals surface area contributed by atoms with Gasteiger partial charge in [0, 0.05) is 17.5 Å². The molecular weight excluding hydrogens is 385 g/mol. The van der Waals surface area contributed by atoms with E-state index in [2.05, 4.69) is 42.5 Å². The predicted octanol–water partition coefficient (Wildman–Crippen LogP) is 6.88. The zero-order valence-corrected chi connectivity index (χ0v) is 17.7. The number of aryl methyl sites for hydroxylation is 2. The molecule has 0 heterocycles. The molecule has 2 rings (SSSR count). The van der Waals surface area contributed by atoms with Crippen LogP contribution in [-0.4, -0.2) is 12.1 Å². The number of hydrogen-bond donors (Lipinski definition) is 1. The van der Waals surface area contributed by atoms with Crippen molar-refractivity contribution in [3.05, 3.63) is 101 Å². The third-order valence-corrected chi connectivity index (χ3v) is 4.56. The van der Waals surface area contributed by atoms with Crippen LogP contribution in [0.2, 0.25) is 5.02 Å². The third kappa shape index (κ3) is 6.00. The van der Waals surface area contributed by atoms with E-state index >= 15 is 0 Å². The Morgan fingerprint density at radius 1 is 1.24 bits per heavy atom. The number of halogens is 2. The van der Waals surface area contributed by atoms with Gasteiger partial charge in [0.25, 0.3) is 0 Å². The van der Waals surface area contributed by atoms with Crippen LogP contribution in [0.1, 0.15) is 30.5 Å². The monoisotopic (exact) mass is 409 g/mol. The summed E-state index contributed by atoms with van der Waals surface area (Å²) in [7, 11) is 0. The van der Waals surface area contributed by atoms with Gasteiger partial charge in [-0.15, -0.1) is 0 Å². The van der Waals surface area contributed by atoms with Crippen LogP contribution in [0.15, 0.2) is 83.1 Å². The van der Waals surface area contributed by atoms with Crippen LogP contribution < -0.4 is 5.32 Å². The van der Waals surface area contributed by atoms with Crippen LogP contribution in [0.4, 0.5) is 10.1 Å². The quantitative estimate of drug-likeness (QED) is 0.302. The van der Waals surface area contributed by atoms with Gasteiger partial charge < -0.3 is 5.32 Å². The first-order chi connectivity index (χ1) is 13.9. The van der Waals surface area contributed by atoms with Crippen LogP contribution in [0.25, 0.3) is 0 Å². The van der Waals surface area contributed by atoms with Gasteiger partial charge in [0.1, 0.15) is 11.7 Å². The Kier molecular flexibility index (Phi) is 8.10. The SMILES string of the molecule is C=CC=N/C(=C\C)C(=C)N=C(Nc1ccc(F)c(Cl)c1)c1ccc(CC)cc1C. The van der Waals surface area contributed by atoms with Crippen molar-refractivity contribution in [2.24, 2.45) is 9.98 Å². The largest absolute Gasteiger partial charge is 0.340 e. The van der Waals surface area contributed by atoms with Gasteiger partial charge in [0.2, 0.25) is 0 Å². The molecule has 150 valence electrons. The van der Waals surface area contributed by atoms with Gasteiger partial charge >= 0.3 is 0 Å². The maximum Gasteiger partial charge on any atom is 0.141 e. The molecule has 2 aromatic rings. The number of anilines is 1. The molecule has 0 atom stereocenters. The lowest BCUT2D eigenvalue weighted by Gasteiger charge is -2.15. The molecule has 0 aliphatic rings. The number of rotatable bonds is 7. The standard InChI is InChI=1S/C24H25ClFN3/c1-6-13-27-23(8-3)17(5)28-24(20-11-9-18(7-2)14-16(20)4)29-19-10-12-22(26)21(25)15-19/h6,8-15H,1,5,7H2,2-4H3,(H,28,29)/b23-8-,27-13?. The topological polar surface area (TPSA) is 36.8 Å². The second-order valence-corrected chi connectivity index (χ2v) is 6.76. The van der Waals surface area contributed by atoms with Crippen LogP contribution in [0.5, 0.6) is 0 Å². The van der Waals surface area contributed by atoms with Gasteiger partial charge in [-0.3, -0.25) is 4.99 Å². The van der Waals surface area contributed by atoms with Gasteiger partial charge in [-0.05, 0) is 49.6 Å². The lowest BCUT2D eigenvalue weighted by Crippen LogP contribution is -2.16. The first-order valence-corrected chi connectivity index (χ1v) is 9.68. The fourth-order valence-corrected chi connectivity index (χ4v) is 2.90. The van der Waals surface area contributed by atoms with Crippen molar-refractivity contribution in [1.82, 2.24) is 0 Å². The number of hydrogen-bond acceptors (Lipinski definition) is 2. The van der Waals surface area contributed by atoms with Crippen LogP contribution in [-0.2, 0) is 6.42 Å². The van der Waals surface area contributed by atoms with E-state index in [0.29, 0.717) is 22.9 Å². The molecule has 0 aliphatic heterocycles. The highest BCUT2D eigenvalue weighted by atomic mass is 35.5. The molecule has 0 radical (unpaired) electrons. The van der Waals surface area contributed by atoms with E-state index < -0.39 is 5.82 Å². The minimum Gasteiger partial charge on any atom is -0.340 e. The molecule has 0 amide bonds. The van der Waals surface area contributed by atoms with Crippen molar-refractivity contribution in [2.45, 2.75) is 27.2 Å². The Labute approximate surface area is 177 Å². The Morgan fingerprint density at radius 3 is 2.59 bits per heavy atom. The number of nitrogens with zero attached hydrogens (tertiary/aromatic N) is 2. The lowest BCUT2D eigenvalue weighted by molar-refractivity contribution is 0.628. The first kappa shape index (κ1) is 22.3. The minimum atomic E-state index is -0.474. The number of nitrogens with one attached hydrogen (secondary N) is 1. The molecule has 29 heavy (non-hydrogen) atoms. The lowest BCUT2D eigenvalue weighted by atomic mass is 10.0. The van der Waals surface area contributed by atoms with E-state index in [1.165, 1.54) is 17.7 Å².